The van der Waals surface area contributed by atoms with Crippen molar-refractivity contribution in [3.8, 4) is 0 Å². The molecular weight excluding hydrogens is 773 g/mol. The average molecular weight is 811 g/mol. The van der Waals surface area contributed by atoms with Crippen molar-refractivity contribution in [2.45, 2.75) is 63.2 Å². The van der Waals surface area contributed by atoms with Crippen LogP contribution < -0.4 is 16.3 Å². The van der Waals surface area contributed by atoms with E-state index in [2.05, 4.69) is 24.8 Å². The van der Waals surface area contributed by atoms with Gasteiger partial charge in [-0.25, -0.2) is 9.59 Å². The van der Waals surface area contributed by atoms with Gasteiger partial charge in [0.05, 0.1) is 18.5 Å². The standard InChI is InChI=1S/C16H20N4O7S.C15H18N4O7S/c1-2-19(15(22)11-6-4-3-5-7-11)17-14(21)13-9-8-12-10-18(13)16(23)20(12)27-28(24,25)26;20-13(8-10-4-2-1-3-5-10)16-17-14(21)12-7-6-11-9-18(12)15(22)19(11)26-27(23,24)25/h3-7,12-13H,2,8-10H2,1H3,(H,17,21)(H,24,25,26);1-5,11-12H,6-9H2,(H,16,20)(H,17,21)(H,23,24,25)/t12-,13+;11-,12+/m11/s1. The lowest BCUT2D eigenvalue weighted by atomic mass is 10.0. The second-order valence-electron chi connectivity index (χ2n) is 12.6. The number of nitrogens with zero attached hydrogens (tertiary/aromatic N) is 5. The molecule has 0 saturated carbocycles. The number of nitrogens with one attached hydrogen (secondary N) is 3. The van der Waals surface area contributed by atoms with E-state index in [9.17, 15) is 45.6 Å². The van der Waals surface area contributed by atoms with Crippen LogP contribution in [-0.2, 0) is 50.2 Å². The van der Waals surface area contributed by atoms with Crippen LogP contribution in [0.1, 0.15) is 48.5 Å². The summed E-state index contributed by atoms with van der Waals surface area (Å²) in [5.41, 5.74) is 8.27. The number of carbonyl (C=O) groups is 6. The lowest BCUT2D eigenvalue weighted by Gasteiger charge is -2.31. The Morgan fingerprint density at radius 3 is 1.67 bits per heavy atom. The van der Waals surface area contributed by atoms with Crippen molar-refractivity contribution in [1.82, 2.24) is 41.2 Å². The number of benzene rings is 2. The third-order valence-corrected chi connectivity index (χ3v) is 9.66. The first-order chi connectivity index (χ1) is 26.0. The fraction of sp³-hybridized carbons (Fsp3) is 0.419. The highest BCUT2D eigenvalue weighted by Crippen LogP contribution is 2.32. The smallest absolute Gasteiger partial charge is 0.309 e. The maximum atomic E-state index is 12.7. The van der Waals surface area contributed by atoms with E-state index in [0.717, 1.165) is 20.4 Å². The van der Waals surface area contributed by atoms with Crippen molar-refractivity contribution in [2.75, 3.05) is 19.6 Å². The molecule has 4 aliphatic rings. The van der Waals surface area contributed by atoms with Crippen molar-refractivity contribution < 1.29 is 63.3 Å². The Balaban J connectivity index is 0.000000211. The molecule has 0 aliphatic carbocycles. The van der Waals surface area contributed by atoms with Crippen LogP contribution in [0.2, 0.25) is 0 Å². The van der Waals surface area contributed by atoms with E-state index in [1.165, 1.54) is 0 Å². The Bertz CT molecular complexity index is 2010. The van der Waals surface area contributed by atoms with Crippen molar-refractivity contribution in [3.63, 3.8) is 0 Å². The normalized spacial score (nSPS) is 21.7. The summed E-state index contributed by atoms with van der Waals surface area (Å²) in [5.74, 6) is -1.98. The molecule has 24 heteroatoms. The molecule has 0 spiro atoms. The van der Waals surface area contributed by atoms with Gasteiger partial charge in [0.15, 0.2) is 0 Å². The first kappa shape index (κ1) is 40.8. The van der Waals surface area contributed by atoms with Gasteiger partial charge in [0.25, 0.3) is 17.7 Å². The highest BCUT2D eigenvalue weighted by atomic mass is 32.3. The topological polar surface area (TPSA) is 282 Å². The van der Waals surface area contributed by atoms with E-state index in [4.69, 9.17) is 9.11 Å². The second kappa shape index (κ2) is 17.0. The van der Waals surface area contributed by atoms with E-state index < -0.39 is 80.7 Å². The number of piperidine rings is 2. The zero-order chi connectivity index (χ0) is 40.1. The molecule has 0 radical (unpaired) electrons. The Labute approximate surface area is 315 Å². The fourth-order valence-electron chi connectivity index (χ4n) is 6.47. The van der Waals surface area contributed by atoms with Gasteiger partial charge in [-0.2, -0.15) is 27.0 Å². The first-order valence-electron chi connectivity index (χ1n) is 16.8. The maximum Gasteiger partial charge on any atom is 0.418 e. The molecule has 4 fully saturated rings. The average Bonchev–Trinajstić information content (AvgIpc) is 3.51. The molecular formula is C31H38N8O14S2. The summed E-state index contributed by atoms with van der Waals surface area (Å²) in [7, 11) is -9.70. The Kier molecular flexibility index (Phi) is 12.6. The minimum Gasteiger partial charge on any atom is -0.309 e. The Hall–Kier alpha value is -5.40. The van der Waals surface area contributed by atoms with Gasteiger partial charge in [0, 0.05) is 25.2 Å². The van der Waals surface area contributed by atoms with Crippen LogP contribution in [0, 0.1) is 0 Å². The molecule has 0 aromatic heterocycles. The van der Waals surface area contributed by atoms with Gasteiger partial charge >= 0.3 is 32.9 Å². The van der Waals surface area contributed by atoms with Gasteiger partial charge in [-0.3, -0.25) is 49.6 Å². The highest BCUT2D eigenvalue weighted by molar-refractivity contribution is 7.81. The molecule has 8 amide bonds. The number of hydrogen-bond donors (Lipinski definition) is 5. The van der Waals surface area contributed by atoms with Gasteiger partial charge in [0.1, 0.15) is 12.1 Å². The summed E-state index contributed by atoms with van der Waals surface area (Å²) >= 11 is 0. The predicted molar refractivity (Wildman–Crippen MR) is 184 cm³/mol. The molecule has 0 unspecified atom stereocenters. The molecule has 298 valence electrons. The monoisotopic (exact) mass is 810 g/mol. The third-order valence-electron chi connectivity index (χ3n) is 8.96. The van der Waals surface area contributed by atoms with E-state index in [-0.39, 0.29) is 38.9 Å². The molecule has 4 heterocycles. The van der Waals surface area contributed by atoms with Gasteiger partial charge in [-0.1, -0.05) is 48.5 Å². The maximum absolute atomic E-state index is 12.7. The number of carbonyl (C=O) groups excluding carboxylic acids is 6. The minimum absolute atomic E-state index is 0.0738. The van der Waals surface area contributed by atoms with Crippen molar-refractivity contribution in [2.24, 2.45) is 0 Å². The van der Waals surface area contributed by atoms with Crippen LogP contribution in [0.4, 0.5) is 9.59 Å². The van der Waals surface area contributed by atoms with Crippen molar-refractivity contribution in [3.05, 3.63) is 71.8 Å². The van der Waals surface area contributed by atoms with Gasteiger partial charge < -0.3 is 9.80 Å². The summed E-state index contributed by atoms with van der Waals surface area (Å²) in [6, 6.07) is 12.7. The zero-order valence-electron chi connectivity index (χ0n) is 29.1. The predicted octanol–water partition coefficient (Wildman–Crippen LogP) is -0.438. The van der Waals surface area contributed by atoms with Gasteiger partial charge in [-0.15, -0.1) is 8.57 Å². The number of hydrogen-bond acceptors (Lipinski definition) is 12. The van der Waals surface area contributed by atoms with Gasteiger partial charge in [-0.05, 0) is 50.3 Å². The summed E-state index contributed by atoms with van der Waals surface area (Å²) in [6.07, 6.45) is 1.18. The molecule has 22 nitrogen and oxygen atoms in total. The Morgan fingerprint density at radius 2 is 1.20 bits per heavy atom. The molecule has 55 heavy (non-hydrogen) atoms. The van der Waals surface area contributed by atoms with Crippen molar-refractivity contribution >= 4 is 56.5 Å². The summed E-state index contributed by atoms with van der Waals surface area (Å²) in [5, 5.41) is 2.27. The van der Waals surface area contributed by atoms with E-state index in [1.54, 1.807) is 61.5 Å². The molecule has 2 aromatic rings. The number of fused-ring (bicyclic) bond motifs is 4. The molecule has 4 saturated heterocycles. The lowest BCUT2D eigenvalue weighted by Crippen LogP contribution is -2.55. The summed E-state index contributed by atoms with van der Waals surface area (Å²) < 4.78 is 69.8. The molecule has 4 aliphatic heterocycles. The van der Waals surface area contributed by atoms with E-state index in [1.807, 2.05) is 6.07 Å². The molecule has 4 bridgehead atoms. The fourth-order valence-corrected chi connectivity index (χ4v) is 7.24. The lowest BCUT2D eigenvalue weighted by molar-refractivity contribution is -0.131. The first-order valence-corrected chi connectivity index (χ1v) is 19.5. The van der Waals surface area contributed by atoms with Crippen LogP contribution in [0.5, 0.6) is 0 Å². The molecule has 2 aromatic carbocycles. The second-order valence-corrected chi connectivity index (χ2v) is 14.6. The quantitative estimate of drug-likeness (QED) is 0.150. The van der Waals surface area contributed by atoms with Crippen LogP contribution in [0.15, 0.2) is 60.7 Å². The SMILES string of the molecule is CCN(NC(=O)[C@@H]1CC[C@@H]2CN1C(=O)N2OS(=O)(=O)O)C(=O)c1ccccc1.O=C(Cc1ccccc1)NNC(=O)[C@@H]1CC[C@@H]2CN1C(=O)N2OS(=O)(=O)O. The number of amides is 8. The van der Waals surface area contributed by atoms with Crippen LogP contribution in [-0.4, -0.2) is 130 Å². The van der Waals surface area contributed by atoms with Crippen molar-refractivity contribution in [1.29, 1.82) is 0 Å². The molecule has 5 N–H and O–H groups in total. The van der Waals surface area contributed by atoms with E-state index in [0.29, 0.717) is 28.5 Å². The summed E-state index contributed by atoms with van der Waals surface area (Å²) in [6.45, 7) is 2.05. The van der Waals surface area contributed by atoms with Gasteiger partial charge in [0.2, 0.25) is 5.91 Å². The van der Waals surface area contributed by atoms with Crippen LogP contribution >= 0.6 is 0 Å². The third kappa shape index (κ3) is 10.2. The number of rotatable bonds is 10. The number of urea groups is 2. The zero-order valence-corrected chi connectivity index (χ0v) is 30.7. The van der Waals surface area contributed by atoms with Crippen LogP contribution in [0.3, 0.4) is 0 Å². The summed E-state index contributed by atoms with van der Waals surface area (Å²) in [4.78, 5) is 76.4. The Morgan fingerprint density at radius 1 is 0.727 bits per heavy atom. The largest absolute Gasteiger partial charge is 0.418 e. The number of hydroxylamine groups is 4. The molecule has 4 atom stereocenters. The molecule has 6 rings (SSSR count). The minimum atomic E-state index is -4.86. The number of hydrazine groups is 2. The highest BCUT2D eigenvalue weighted by Gasteiger charge is 2.50. The van der Waals surface area contributed by atoms with Crippen LogP contribution in [0.25, 0.3) is 0 Å². The van der Waals surface area contributed by atoms with E-state index >= 15 is 0 Å².